The fraction of sp³-hybridized carbons (Fsp3) is 0.500. The van der Waals surface area contributed by atoms with E-state index in [0.29, 0.717) is 0 Å². The van der Waals surface area contributed by atoms with Crippen LogP contribution in [0.2, 0.25) is 0 Å². The zero-order chi connectivity index (χ0) is 10.6. The first-order valence-electron chi connectivity index (χ1n) is 4.63. The second kappa shape index (κ2) is 5.32. The number of hydrogen-bond donors (Lipinski definition) is 2. The van der Waals surface area contributed by atoms with Gasteiger partial charge in [-0.25, -0.2) is 4.98 Å². The minimum absolute atomic E-state index is 0.192. The number of nitrogens with zero attached hydrogens (tertiary/aromatic N) is 1. The zero-order valence-corrected chi connectivity index (χ0v) is 10.0. The summed E-state index contributed by atoms with van der Waals surface area (Å²) >= 11 is 3.47. The lowest BCUT2D eigenvalue weighted by molar-refractivity contribution is 0.282. The molecule has 1 aromatic rings. The number of hydrogen-bond acceptors (Lipinski definition) is 3. The standard InChI is InChI=1S/C10H15BrN2O/c1-7-3-5-12-10(9(7)11)13-8(2)4-6-14/h3,5,8,14H,4,6H2,1-2H3,(H,12,13)/t8-/m0/s1. The number of aromatic nitrogens is 1. The topological polar surface area (TPSA) is 45.2 Å². The molecule has 4 heteroatoms. The molecule has 0 bridgehead atoms. The molecule has 3 nitrogen and oxygen atoms in total. The molecule has 78 valence electrons. The zero-order valence-electron chi connectivity index (χ0n) is 8.42. The van der Waals surface area contributed by atoms with Crippen molar-refractivity contribution in [2.45, 2.75) is 26.3 Å². The molecule has 1 atom stereocenters. The summed E-state index contributed by atoms with van der Waals surface area (Å²) in [4.78, 5) is 4.22. The maximum absolute atomic E-state index is 8.77. The molecular weight excluding hydrogens is 244 g/mol. The van der Waals surface area contributed by atoms with Crippen LogP contribution < -0.4 is 5.32 Å². The van der Waals surface area contributed by atoms with E-state index in [0.717, 1.165) is 22.3 Å². The van der Waals surface area contributed by atoms with Gasteiger partial charge in [0.15, 0.2) is 0 Å². The summed E-state index contributed by atoms with van der Waals surface area (Å²) < 4.78 is 0.991. The molecule has 14 heavy (non-hydrogen) atoms. The highest BCUT2D eigenvalue weighted by molar-refractivity contribution is 9.10. The number of rotatable bonds is 4. The maximum Gasteiger partial charge on any atom is 0.140 e. The first-order chi connectivity index (χ1) is 6.65. The summed E-state index contributed by atoms with van der Waals surface area (Å²) in [5.41, 5.74) is 1.15. The van der Waals surface area contributed by atoms with Gasteiger partial charge in [-0.05, 0) is 47.8 Å². The van der Waals surface area contributed by atoms with Crippen molar-refractivity contribution in [1.82, 2.24) is 4.98 Å². The molecule has 0 fully saturated rings. The van der Waals surface area contributed by atoms with Crippen LogP contribution >= 0.6 is 15.9 Å². The van der Waals surface area contributed by atoms with E-state index >= 15 is 0 Å². The molecule has 0 amide bonds. The number of aliphatic hydroxyl groups is 1. The summed E-state index contributed by atoms with van der Waals surface area (Å²) in [5, 5.41) is 12.0. The smallest absolute Gasteiger partial charge is 0.140 e. The SMILES string of the molecule is Cc1ccnc(N[C@@H](C)CCO)c1Br. The minimum atomic E-state index is 0.192. The van der Waals surface area contributed by atoms with Crippen LogP contribution in [0.25, 0.3) is 0 Å². The Morgan fingerprint density at radius 1 is 1.64 bits per heavy atom. The van der Waals surface area contributed by atoms with E-state index in [1.807, 2.05) is 19.9 Å². The van der Waals surface area contributed by atoms with Crippen LogP contribution in [0.5, 0.6) is 0 Å². The molecule has 1 heterocycles. The van der Waals surface area contributed by atoms with Gasteiger partial charge in [-0.3, -0.25) is 0 Å². The Balaban J connectivity index is 2.71. The third kappa shape index (κ3) is 2.96. The van der Waals surface area contributed by atoms with Gasteiger partial charge in [0.05, 0.1) is 4.47 Å². The van der Waals surface area contributed by atoms with Crippen molar-refractivity contribution in [3.8, 4) is 0 Å². The van der Waals surface area contributed by atoms with Gasteiger partial charge in [-0.1, -0.05) is 0 Å². The molecule has 0 saturated heterocycles. The minimum Gasteiger partial charge on any atom is -0.396 e. The van der Waals surface area contributed by atoms with Crippen LogP contribution in [-0.2, 0) is 0 Å². The van der Waals surface area contributed by atoms with Crippen LogP contribution in [0, 0.1) is 6.92 Å². The largest absolute Gasteiger partial charge is 0.396 e. The molecule has 0 radical (unpaired) electrons. The molecule has 1 aromatic heterocycles. The first-order valence-corrected chi connectivity index (χ1v) is 5.43. The second-order valence-corrected chi connectivity index (χ2v) is 4.14. The van der Waals surface area contributed by atoms with Gasteiger partial charge in [-0.2, -0.15) is 0 Å². The molecule has 0 aliphatic rings. The van der Waals surface area contributed by atoms with Gasteiger partial charge in [-0.15, -0.1) is 0 Å². The quantitative estimate of drug-likeness (QED) is 0.872. The highest BCUT2D eigenvalue weighted by Gasteiger charge is 2.06. The van der Waals surface area contributed by atoms with E-state index in [4.69, 9.17) is 5.11 Å². The molecular formula is C10H15BrN2O. The van der Waals surface area contributed by atoms with Crippen molar-refractivity contribution in [3.05, 3.63) is 22.3 Å². The number of aliphatic hydroxyl groups excluding tert-OH is 1. The number of halogens is 1. The lowest BCUT2D eigenvalue weighted by atomic mass is 10.2. The Hall–Kier alpha value is -0.610. The number of pyridine rings is 1. The van der Waals surface area contributed by atoms with Crippen LogP contribution in [-0.4, -0.2) is 22.7 Å². The highest BCUT2D eigenvalue weighted by atomic mass is 79.9. The number of aryl methyl sites for hydroxylation is 1. The fourth-order valence-electron chi connectivity index (χ4n) is 1.14. The average molecular weight is 259 g/mol. The summed E-state index contributed by atoms with van der Waals surface area (Å²) in [5.74, 6) is 0.839. The molecule has 2 N–H and O–H groups in total. The first kappa shape index (κ1) is 11.5. The Labute approximate surface area is 92.7 Å². The third-order valence-electron chi connectivity index (χ3n) is 2.03. The Morgan fingerprint density at radius 2 is 2.36 bits per heavy atom. The molecule has 0 aliphatic carbocycles. The molecule has 0 aromatic carbocycles. The Bertz CT molecular complexity index is 304. The van der Waals surface area contributed by atoms with Crippen molar-refractivity contribution < 1.29 is 5.11 Å². The molecule has 0 aliphatic heterocycles. The number of anilines is 1. The molecule has 0 saturated carbocycles. The van der Waals surface area contributed by atoms with Gasteiger partial charge in [0.1, 0.15) is 5.82 Å². The van der Waals surface area contributed by atoms with Gasteiger partial charge in [0.2, 0.25) is 0 Å². The highest BCUT2D eigenvalue weighted by Crippen LogP contribution is 2.23. The molecule has 1 rings (SSSR count). The predicted octanol–water partition coefficient (Wildman–Crippen LogP) is 2.34. The van der Waals surface area contributed by atoms with Crippen molar-refractivity contribution >= 4 is 21.7 Å². The van der Waals surface area contributed by atoms with Crippen LogP contribution in [0.4, 0.5) is 5.82 Å². The van der Waals surface area contributed by atoms with Gasteiger partial charge in [0, 0.05) is 18.8 Å². The van der Waals surface area contributed by atoms with E-state index in [1.165, 1.54) is 0 Å². The van der Waals surface area contributed by atoms with Gasteiger partial charge < -0.3 is 10.4 Å². The lowest BCUT2D eigenvalue weighted by Crippen LogP contribution is -2.17. The Morgan fingerprint density at radius 3 is 3.00 bits per heavy atom. The van der Waals surface area contributed by atoms with Crippen LogP contribution in [0.15, 0.2) is 16.7 Å². The van der Waals surface area contributed by atoms with Crippen molar-refractivity contribution in [3.63, 3.8) is 0 Å². The maximum atomic E-state index is 8.77. The van der Waals surface area contributed by atoms with Crippen LogP contribution in [0.3, 0.4) is 0 Å². The van der Waals surface area contributed by atoms with Gasteiger partial charge in [0.25, 0.3) is 0 Å². The van der Waals surface area contributed by atoms with E-state index in [9.17, 15) is 0 Å². The molecule has 0 spiro atoms. The fourth-order valence-corrected chi connectivity index (χ4v) is 1.49. The summed E-state index contributed by atoms with van der Waals surface area (Å²) in [6.45, 7) is 4.23. The van der Waals surface area contributed by atoms with Crippen LogP contribution in [0.1, 0.15) is 18.9 Å². The number of nitrogens with one attached hydrogen (secondary N) is 1. The third-order valence-corrected chi connectivity index (χ3v) is 3.03. The second-order valence-electron chi connectivity index (χ2n) is 3.35. The summed E-state index contributed by atoms with van der Waals surface area (Å²) in [7, 11) is 0. The van der Waals surface area contributed by atoms with E-state index in [2.05, 4.69) is 26.2 Å². The summed E-state index contributed by atoms with van der Waals surface area (Å²) in [6, 6.07) is 2.18. The predicted molar refractivity (Wildman–Crippen MR) is 61.5 cm³/mol. The van der Waals surface area contributed by atoms with E-state index < -0.39 is 0 Å². The monoisotopic (exact) mass is 258 g/mol. The lowest BCUT2D eigenvalue weighted by Gasteiger charge is -2.14. The normalized spacial score (nSPS) is 12.6. The van der Waals surface area contributed by atoms with E-state index in [-0.39, 0.29) is 12.6 Å². The Kier molecular flexibility index (Phi) is 4.35. The van der Waals surface area contributed by atoms with E-state index in [1.54, 1.807) is 6.20 Å². The van der Waals surface area contributed by atoms with Crippen molar-refractivity contribution in [2.24, 2.45) is 0 Å². The van der Waals surface area contributed by atoms with Crippen molar-refractivity contribution in [1.29, 1.82) is 0 Å². The van der Waals surface area contributed by atoms with Gasteiger partial charge >= 0.3 is 0 Å². The molecule has 0 unspecified atom stereocenters. The average Bonchev–Trinajstić information content (AvgIpc) is 2.13. The van der Waals surface area contributed by atoms with Crippen molar-refractivity contribution in [2.75, 3.05) is 11.9 Å². The summed E-state index contributed by atoms with van der Waals surface area (Å²) in [6.07, 6.45) is 2.50.